The van der Waals surface area contributed by atoms with Crippen LogP contribution in [0.3, 0.4) is 0 Å². The number of halogens is 1. The topological polar surface area (TPSA) is 63.6 Å². The van der Waals surface area contributed by atoms with E-state index in [1.165, 1.54) is 18.2 Å². The highest BCUT2D eigenvalue weighted by atomic mass is 19.1. The van der Waals surface area contributed by atoms with Gasteiger partial charge in [-0.25, -0.2) is 4.39 Å². The Kier molecular flexibility index (Phi) is 2.60. The summed E-state index contributed by atoms with van der Waals surface area (Å²) in [5, 5.41) is 8.91. The van der Waals surface area contributed by atoms with Gasteiger partial charge in [0, 0.05) is 0 Å². The van der Waals surface area contributed by atoms with E-state index in [-0.39, 0.29) is 6.42 Å². The number of hydrogen-bond acceptors (Lipinski definition) is 3. The molecule has 1 aromatic rings. The SMILES string of the molecule is O=C1C[C@@H](C(=O)O)[C@@H](c2cccc(F)c2)O1. The molecule has 1 heterocycles. The number of carbonyl (C=O) groups is 2. The Morgan fingerprint density at radius 3 is 2.88 bits per heavy atom. The summed E-state index contributed by atoms with van der Waals surface area (Å²) in [5.74, 6) is -3.10. The molecule has 0 bridgehead atoms. The molecular formula is C11H9FO4. The minimum Gasteiger partial charge on any atom is -0.481 e. The van der Waals surface area contributed by atoms with Crippen LogP contribution in [0.1, 0.15) is 18.1 Å². The summed E-state index contributed by atoms with van der Waals surface area (Å²) < 4.78 is 17.8. The number of rotatable bonds is 2. The van der Waals surface area contributed by atoms with E-state index in [4.69, 9.17) is 9.84 Å². The van der Waals surface area contributed by atoms with Gasteiger partial charge in [-0.3, -0.25) is 9.59 Å². The fourth-order valence-corrected chi connectivity index (χ4v) is 1.76. The Labute approximate surface area is 90.6 Å². The zero-order valence-corrected chi connectivity index (χ0v) is 8.22. The van der Waals surface area contributed by atoms with Gasteiger partial charge >= 0.3 is 11.9 Å². The van der Waals surface area contributed by atoms with E-state index in [9.17, 15) is 14.0 Å². The smallest absolute Gasteiger partial charge is 0.311 e. The molecule has 0 aromatic heterocycles. The molecule has 84 valence electrons. The molecule has 1 aliphatic rings. The van der Waals surface area contributed by atoms with Crippen molar-refractivity contribution in [3.63, 3.8) is 0 Å². The molecule has 2 atom stereocenters. The van der Waals surface area contributed by atoms with Gasteiger partial charge in [-0.1, -0.05) is 12.1 Å². The first-order chi connectivity index (χ1) is 7.58. The van der Waals surface area contributed by atoms with Crippen LogP contribution in [0, 0.1) is 11.7 Å². The largest absolute Gasteiger partial charge is 0.481 e. The van der Waals surface area contributed by atoms with Crippen LogP contribution in [0.25, 0.3) is 0 Å². The molecule has 1 aromatic carbocycles. The molecule has 0 amide bonds. The highest BCUT2D eigenvalue weighted by Gasteiger charge is 2.40. The van der Waals surface area contributed by atoms with Crippen molar-refractivity contribution in [2.75, 3.05) is 0 Å². The number of benzene rings is 1. The maximum absolute atomic E-state index is 13.0. The van der Waals surface area contributed by atoms with Gasteiger partial charge in [0.25, 0.3) is 0 Å². The number of esters is 1. The minimum atomic E-state index is -1.11. The Bertz CT molecular complexity index is 443. The van der Waals surface area contributed by atoms with Crippen molar-refractivity contribution >= 4 is 11.9 Å². The first kappa shape index (κ1) is 10.6. The third-order valence-corrected chi connectivity index (χ3v) is 2.50. The highest BCUT2D eigenvalue weighted by molar-refractivity contribution is 5.82. The standard InChI is InChI=1S/C11H9FO4/c12-7-3-1-2-6(4-7)10-8(11(14)15)5-9(13)16-10/h1-4,8,10H,5H2,(H,14,15)/t8-,10-/m1/s1. The first-order valence-electron chi connectivity index (χ1n) is 4.75. The summed E-state index contributed by atoms with van der Waals surface area (Å²) in [5.41, 5.74) is 0.373. The van der Waals surface area contributed by atoms with Crippen molar-refractivity contribution in [1.29, 1.82) is 0 Å². The van der Waals surface area contributed by atoms with Crippen LogP contribution in [-0.2, 0) is 14.3 Å². The number of cyclic esters (lactones) is 1. The van der Waals surface area contributed by atoms with Crippen LogP contribution in [-0.4, -0.2) is 17.0 Å². The van der Waals surface area contributed by atoms with E-state index < -0.39 is 29.8 Å². The number of carboxylic acid groups (broad SMARTS) is 1. The normalized spacial score (nSPS) is 24.2. The first-order valence-corrected chi connectivity index (χ1v) is 4.75. The zero-order chi connectivity index (χ0) is 11.7. The van der Waals surface area contributed by atoms with Gasteiger partial charge in [0.15, 0.2) is 0 Å². The molecule has 1 fully saturated rings. The van der Waals surface area contributed by atoms with E-state index in [1.807, 2.05) is 0 Å². The van der Waals surface area contributed by atoms with Crippen molar-refractivity contribution in [3.05, 3.63) is 35.6 Å². The predicted molar refractivity (Wildman–Crippen MR) is 51.0 cm³/mol. The van der Waals surface area contributed by atoms with Crippen molar-refractivity contribution in [2.24, 2.45) is 5.92 Å². The van der Waals surface area contributed by atoms with Gasteiger partial charge in [0.2, 0.25) is 0 Å². The molecule has 4 nitrogen and oxygen atoms in total. The Morgan fingerprint density at radius 1 is 1.50 bits per heavy atom. The van der Waals surface area contributed by atoms with Crippen LogP contribution in [0.15, 0.2) is 24.3 Å². The number of hydrogen-bond donors (Lipinski definition) is 1. The lowest BCUT2D eigenvalue weighted by Gasteiger charge is -2.14. The Balaban J connectivity index is 2.32. The van der Waals surface area contributed by atoms with E-state index in [0.717, 1.165) is 0 Å². The number of ether oxygens (including phenoxy) is 1. The highest BCUT2D eigenvalue weighted by Crippen LogP contribution is 2.35. The monoisotopic (exact) mass is 224 g/mol. The minimum absolute atomic E-state index is 0.170. The van der Waals surface area contributed by atoms with E-state index in [0.29, 0.717) is 5.56 Å². The summed E-state index contributed by atoms with van der Waals surface area (Å²) >= 11 is 0. The molecule has 0 spiro atoms. The molecule has 5 heteroatoms. The van der Waals surface area contributed by atoms with Crippen LogP contribution in [0.5, 0.6) is 0 Å². The van der Waals surface area contributed by atoms with Gasteiger partial charge in [-0.15, -0.1) is 0 Å². The van der Waals surface area contributed by atoms with Crippen LogP contribution in [0.4, 0.5) is 4.39 Å². The maximum atomic E-state index is 13.0. The molecule has 2 rings (SSSR count). The second kappa shape index (κ2) is 3.92. The molecule has 0 aliphatic carbocycles. The third kappa shape index (κ3) is 1.88. The van der Waals surface area contributed by atoms with Crippen molar-refractivity contribution in [2.45, 2.75) is 12.5 Å². The lowest BCUT2D eigenvalue weighted by molar-refractivity contribution is -0.144. The fraction of sp³-hybridized carbons (Fsp3) is 0.273. The summed E-state index contributed by atoms with van der Waals surface area (Å²) in [4.78, 5) is 21.9. The number of aliphatic carboxylic acids is 1. The maximum Gasteiger partial charge on any atom is 0.311 e. The molecule has 0 saturated carbocycles. The molecule has 1 aliphatic heterocycles. The predicted octanol–water partition coefficient (Wildman–Crippen LogP) is 1.51. The Morgan fingerprint density at radius 2 is 2.25 bits per heavy atom. The molecule has 0 unspecified atom stereocenters. The summed E-state index contributed by atoms with van der Waals surface area (Å²) in [6.45, 7) is 0. The zero-order valence-electron chi connectivity index (χ0n) is 8.22. The van der Waals surface area contributed by atoms with E-state index in [2.05, 4.69) is 0 Å². The van der Waals surface area contributed by atoms with Crippen LogP contribution in [0.2, 0.25) is 0 Å². The average Bonchev–Trinajstić information content (AvgIpc) is 2.60. The summed E-state index contributed by atoms with van der Waals surface area (Å²) in [7, 11) is 0. The van der Waals surface area contributed by atoms with Crippen LogP contribution >= 0.6 is 0 Å². The second-order valence-corrected chi connectivity index (χ2v) is 3.61. The van der Waals surface area contributed by atoms with Gasteiger partial charge in [0.05, 0.1) is 6.42 Å². The lowest BCUT2D eigenvalue weighted by Crippen LogP contribution is -2.17. The fourth-order valence-electron chi connectivity index (χ4n) is 1.76. The van der Waals surface area contributed by atoms with E-state index >= 15 is 0 Å². The van der Waals surface area contributed by atoms with Gasteiger partial charge in [-0.2, -0.15) is 0 Å². The molecule has 1 N–H and O–H groups in total. The third-order valence-electron chi connectivity index (χ3n) is 2.50. The van der Waals surface area contributed by atoms with Crippen molar-refractivity contribution in [1.82, 2.24) is 0 Å². The van der Waals surface area contributed by atoms with Gasteiger partial charge in [-0.05, 0) is 17.7 Å². The van der Waals surface area contributed by atoms with Crippen molar-refractivity contribution in [3.8, 4) is 0 Å². The second-order valence-electron chi connectivity index (χ2n) is 3.61. The number of carbonyl (C=O) groups excluding carboxylic acids is 1. The van der Waals surface area contributed by atoms with Gasteiger partial charge in [0.1, 0.15) is 17.8 Å². The van der Waals surface area contributed by atoms with E-state index in [1.54, 1.807) is 6.07 Å². The molecule has 1 saturated heterocycles. The summed E-state index contributed by atoms with van der Waals surface area (Å²) in [6.07, 6.45) is -1.06. The molecule has 0 radical (unpaired) electrons. The molecular weight excluding hydrogens is 215 g/mol. The lowest BCUT2D eigenvalue weighted by atomic mass is 9.95. The average molecular weight is 224 g/mol. The van der Waals surface area contributed by atoms with Crippen LogP contribution < -0.4 is 0 Å². The quantitative estimate of drug-likeness (QED) is 0.773. The van der Waals surface area contributed by atoms with Gasteiger partial charge < -0.3 is 9.84 Å². The van der Waals surface area contributed by atoms with Crippen molar-refractivity contribution < 1.29 is 23.8 Å². The Hall–Kier alpha value is -1.91. The summed E-state index contributed by atoms with van der Waals surface area (Å²) in [6, 6.07) is 5.42. The number of carboxylic acids is 1. The molecule has 16 heavy (non-hydrogen) atoms.